The topological polar surface area (TPSA) is 71.1 Å². The fourth-order valence-electron chi connectivity index (χ4n) is 3.69. The van der Waals surface area contributed by atoms with Gasteiger partial charge >= 0.3 is 6.18 Å². The van der Waals surface area contributed by atoms with Crippen molar-refractivity contribution >= 4 is 23.1 Å². The van der Waals surface area contributed by atoms with Gasteiger partial charge in [-0.15, -0.1) is 0 Å². The number of aryl methyl sites for hydroxylation is 1. The van der Waals surface area contributed by atoms with Gasteiger partial charge in [0.15, 0.2) is 0 Å². The quantitative estimate of drug-likeness (QED) is 0.439. The summed E-state index contributed by atoms with van der Waals surface area (Å²) < 4.78 is 45.7. The lowest BCUT2D eigenvalue weighted by Crippen LogP contribution is -2.34. The first kappa shape index (κ1) is 22.8. The van der Waals surface area contributed by atoms with Crippen LogP contribution in [0.1, 0.15) is 29.5 Å². The minimum atomic E-state index is -4.42. The van der Waals surface area contributed by atoms with Crippen LogP contribution in [0.25, 0.3) is 0 Å². The maximum Gasteiger partial charge on any atom is 0.416 e. The van der Waals surface area contributed by atoms with Crippen LogP contribution in [0.3, 0.4) is 0 Å². The molecule has 1 aliphatic rings. The van der Waals surface area contributed by atoms with Crippen molar-refractivity contribution in [1.82, 2.24) is 15.3 Å². The second-order valence-electron chi connectivity index (χ2n) is 8.04. The second kappa shape index (κ2) is 9.66. The number of aromatic nitrogens is 2. The van der Waals surface area contributed by atoms with Gasteiger partial charge in [0, 0.05) is 23.1 Å². The highest BCUT2D eigenvalue weighted by Crippen LogP contribution is 2.35. The van der Waals surface area contributed by atoms with Crippen molar-refractivity contribution in [2.24, 2.45) is 0 Å². The third-order valence-electron chi connectivity index (χ3n) is 5.56. The van der Waals surface area contributed by atoms with E-state index in [-0.39, 0.29) is 11.7 Å². The Kier molecular flexibility index (Phi) is 6.69. The molecule has 0 aliphatic carbocycles. The lowest BCUT2D eigenvalue weighted by Gasteiger charge is -2.23. The van der Waals surface area contributed by atoms with E-state index < -0.39 is 11.7 Å². The molecule has 0 saturated carbocycles. The Labute approximate surface area is 190 Å². The molecule has 4 rings (SSSR count). The van der Waals surface area contributed by atoms with Crippen LogP contribution in [0.4, 0.5) is 36.3 Å². The molecule has 3 aromatic rings. The number of rotatable bonds is 6. The molecule has 6 nitrogen and oxygen atoms in total. The lowest BCUT2D eigenvalue weighted by molar-refractivity contribution is -0.138. The van der Waals surface area contributed by atoms with Crippen LogP contribution >= 0.6 is 0 Å². The molecule has 0 atom stereocenters. The summed E-state index contributed by atoms with van der Waals surface area (Å²) in [5.74, 6) is 1.57. The van der Waals surface area contributed by atoms with Gasteiger partial charge in [-0.3, -0.25) is 0 Å². The third-order valence-corrected chi connectivity index (χ3v) is 5.56. The molecule has 3 N–H and O–H groups in total. The molecule has 0 bridgehead atoms. The SMILES string of the molecule is Cc1cnc(Nc2ccc(OC3CCNCC3)cc2)nc1Nc1cccc(C(F)(F)F)c1C. The van der Waals surface area contributed by atoms with E-state index in [1.54, 1.807) is 19.2 Å². The molecule has 174 valence electrons. The monoisotopic (exact) mass is 457 g/mol. The molecule has 1 aromatic heterocycles. The van der Waals surface area contributed by atoms with Crippen LogP contribution in [0.15, 0.2) is 48.7 Å². The normalized spacial score (nSPS) is 14.7. The fourth-order valence-corrected chi connectivity index (χ4v) is 3.69. The highest BCUT2D eigenvalue weighted by atomic mass is 19.4. The van der Waals surface area contributed by atoms with Crippen molar-refractivity contribution in [2.75, 3.05) is 23.7 Å². The number of alkyl halides is 3. The smallest absolute Gasteiger partial charge is 0.416 e. The van der Waals surface area contributed by atoms with Crippen LogP contribution in [-0.4, -0.2) is 29.2 Å². The molecule has 1 fully saturated rings. The molecular formula is C24H26F3N5O. The summed E-state index contributed by atoms with van der Waals surface area (Å²) in [5.41, 5.74) is 1.27. The Balaban J connectivity index is 1.47. The predicted octanol–water partition coefficient (Wildman–Crippen LogP) is 5.73. The van der Waals surface area contributed by atoms with Crippen LogP contribution in [0.5, 0.6) is 5.75 Å². The first-order valence-corrected chi connectivity index (χ1v) is 10.8. The Morgan fingerprint density at radius 3 is 2.42 bits per heavy atom. The summed E-state index contributed by atoms with van der Waals surface area (Å²) in [6.45, 7) is 5.16. The van der Waals surface area contributed by atoms with Crippen molar-refractivity contribution in [3.05, 3.63) is 65.4 Å². The molecule has 0 radical (unpaired) electrons. The number of hydrogen-bond acceptors (Lipinski definition) is 6. The molecule has 0 unspecified atom stereocenters. The molecular weight excluding hydrogens is 431 g/mol. The molecule has 2 aromatic carbocycles. The third kappa shape index (κ3) is 5.73. The molecule has 2 heterocycles. The number of benzene rings is 2. The molecule has 1 saturated heterocycles. The van der Waals surface area contributed by atoms with E-state index in [4.69, 9.17) is 4.74 Å². The van der Waals surface area contributed by atoms with Gasteiger partial charge in [0.1, 0.15) is 17.7 Å². The minimum Gasteiger partial charge on any atom is -0.490 e. The van der Waals surface area contributed by atoms with E-state index in [1.807, 2.05) is 24.3 Å². The Hall–Kier alpha value is -3.33. The van der Waals surface area contributed by atoms with Crippen LogP contribution in [0.2, 0.25) is 0 Å². The average Bonchev–Trinajstić information content (AvgIpc) is 2.78. The summed E-state index contributed by atoms with van der Waals surface area (Å²) in [5, 5.41) is 9.46. The van der Waals surface area contributed by atoms with Gasteiger partial charge in [-0.1, -0.05) is 6.07 Å². The van der Waals surface area contributed by atoms with E-state index >= 15 is 0 Å². The van der Waals surface area contributed by atoms with Crippen LogP contribution < -0.4 is 20.7 Å². The van der Waals surface area contributed by atoms with Crippen molar-refractivity contribution < 1.29 is 17.9 Å². The number of nitrogens with one attached hydrogen (secondary N) is 3. The van der Waals surface area contributed by atoms with Crippen molar-refractivity contribution in [1.29, 1.82) is 0 Å². The maximum atomic E-state index is 13.2. The van der Waals surface area contributed by atoms with E-state index in [0.717, 1.165) is 43.4 Å². The van der Waals surface area contributed by atoms with Crippen LogP contribution in [-0.2, 0) is 6.18 Å². The number of ether oxygens (including phenoxy) is 1. The summed E-state index contributed by atoms with van der Waals surface area (Å²) in [6.07, 6.45) is -0.608. The van der Waals surface area contributed by atoms with E-state index in [1.165, 1.54) is 13.0 Å². The predicted molar refractivity (Wildman–Crippen MR) is 122 cm³/mol. The zero-order valence-electron chi connectivity index (χ0n) is 18.5. The number of piperidine rings is 1. The van der Waals surface area contributed by atoms with Gasteiger partial charge in [0.05, 0.1) is 5.56 Å². The number of hydrogen-bond donors (Lipinski definition) is 3. The highest BCUT2D eigenvalue weighted by Gasteiger charge is 2.33. The van der Waals surface area contributed by atoms with E-state index in [2.05, 4.69) is 25.9 Å². The first-order chi connectivity index (χ1) is 15.8. The standard InChI is InChI=1S/C24H26F3N5O/c1-15-14-29-23(30-17-6-8-18(9-7-17)33-19-10-12-28-13-11-19)32-22(15)31-21-5-3-4-20(16(21)2)24(25,26)27/h3-9,14,19,28H,10-13H2,1-2H3,(H2,29,30,31,32). The summed E-state index contributed by atoms with van der Waals surface area (Å²) >= 11 is 0. The van der Waals surface area contributed by atoms with Gasteiger partial charge in [0.25, 0.3) is 0 Å². The second-order valence-corrected chi connectivity index (χ2v) is 8.04. The van der Waals surface area contributed by atoms with Gasteiger partial charge < -0.3 is 20.7 Å². The maximum absolute atomic E-state index is 13.2. The molecule has 33 heavy (non-hydrogen) atoms. The summed E-state index contributed by atoms with van der Waals surface area (Å²) in [4.78, 5) is 8.75. The van der Waals surface area contributed by atoms with Crippen molar-refractivity contribution in [3.8, 4) is 5.75 Å². The molecule has 0 amide bonds. The molecule has 9 heteroatoms. The average molecular weight is 458 g/mol. The Morgan fingerprint density at radius 1 is 1.00 bits per heavy atom. The largest absolute Gasteiger partial charge is 0.490 e. The minimum absolute atomic E-state index is 0.113. The fraction of sp³-hybridized carbons (Fsp3) is 0.333. The van der Waals surface area contributed by atoms with E-state index in [9.17, 15) is 13.2 Å². The Morgan fingerprint density at radius 2 is 1.73 bits per heavy atom. The summed E-state index contributed by atoms with van der Waals surface area (Å²) in [6, 6.07) is 11.6. The Bertz CT molecular complexity index is 1100. The van der Waals surface area contributed by atoms with Gasteiger partial charge in [0.2, 0.25) is 5.95 Å². The number of halogens is 3. The van der Waals surface area contributed by atoms with Gasteiger partial charge in [-0.2, -0.15) is 18.2 Å². The number of anilines is 4. The van der Waals surface area contributed by atoms with Crippen molar-refractivity contribution in [2.45, 2.75) is 39.0 Å². The van der Waals surface area contributed by atoms with Crippen LogP contribution in [0, 0.1) is 13.8 Å². The summed E-state index contributed by atoms with van der Waals surface area (Å²) in [7, 11) is 0. The highest BCUT2D eigenvalue weighted by molar-refractivity contribution is 5.66. The first-order valence-electron chi connectivity index (χ1n) is 10.8. The van der Waals surface area contributed by atoms with Gasteiger partial charge in [-0.25, -0.2) is 4.98 Å². The molecule has 1 aliphatic heterocycles. The zero-order chi connectivity index (χ0) is 23.4. The van der Waals surface area contributed by atoms with Crippen molar-refractivity contribution in [3.63, 3.8) is 0 Å². The van der Waals surface area contributed by atoms with Gasteiger partial charge in [-0.05, 0) is 81.7 Å². The molecule has 0 spiro atoms. The zero-order valence-corrected chi connectivity index (χ0v) is 18.5. The van der Waals surface area contributed by atoms with E-state index in [0.29, 0.717) is 23.0 Å². The lowest BCUT2D eigenvalue weighted by atomic mass is 10.1. The number of nitrogens with zero attached hydrogens (tertiary/aromatic N) is 2.